The Bertz CT molecular complexity index is 671. The van der Waals surface area contributed by atoms with E-state index in [1.165, 1.54) is 18.3 Å². The van der Waals surface area contributed by atoms with Gasteiger partial charge >= 0.3 is 0 Å². The molecular formula is C12H10BrClN4O2. The van der Waals surface area contributed by atoms with Crippen LogP contribution in [-0.4, -0.2) is 21.4 Å². The molecule has 0 spiro atoms. The summed E-state index contributed by atoms with van der Waals surface area (Å²) in [6, 6.07) is 4.54. The quantitative estimate of drug-likeness (QED) is 0.637. The highest BCUT2D eigenvalue weighted by molar-refractivity contribution is 9.10. The van der Waals surface area contributed by atoms with Crippen LogP contribution in [0.4, 0.5) is 0 Å². The van der Waals surface area contributed by atoms with Gasteiger partial charge in [-0.25, -0.2) is 4.98 Å². The van der Waals surface area contributed by atoms with E-state index in [-0.39, 0.29) is 5.15 Å². The van der Waals surface area contributed by atoms with Crippen LogP contribution in [0, 0.1) is 0 Å². The molecule has 2 N–H and O–H groups in total. The third-order valence-corrected chi connectivity index (χ3v) is 3.12. The first kappa shape index (κ1) is 14.5. The minimum atomic E-state index is -0.476. The van der Waals surface area contributed by atoms with Crippen LogP contribution >= 0.6 is 27.5 Å². The molecule has 2 heterocycles. The largest absolute Gasteiger partial charge is 0.345 e. The summed E-state index contributed by atoms with van der Waals surface area (Å²) < 4.78 is 2.41. The standard InChI is InChI=1S/C12H10BrClN4O2/c1-18-6-8(13)5-9(18)12(20)17-16-11(19)7-2-3-15-10(14)4-7/h2-6H,1H3,(H,16,19)(H,17,20). The Labute approximate surface area is 128 Å². The fourth-order valence-electron chi connectivity index (χ4n) is 1.54. The third kappa shape index (κ3) is 3.37. The summed E-state index contributed by atoms with van der Waals surface area (Å²) in [6.45, 7) is 0. The molecular weight excluding hydrogens is 348 g/mol. The van der Waals surface area contributed by atoms with Gasteiger partial charge in [0.2, 0.25) is 0 Å². The van der Waals surface area contributed by atoms with E-state index in [0.717, 1.165) is 4.47 Å². The van der Waals surface area contributed by atoms with Gasteiger partial charge in [0.25, 0.3) is 11.8 Å². The molecule has 0 aliphatic rings. The number of nitrogens with one attached hydrogen (secondary N) is 2. The number of amides is 2. The lowest BCUT2D eigenvalue weighted by molar-refractivity contribution is 0.0842. The van der Waals surface area contributed by atoms with Crippen molar-refractivity contribution in [1.29, 1.82) is 0 Å². The fraction of sp³-hybridized carbons (Fsp3) is 0.0833. The van der Waals surface area contributed by atoms with Crippen LogP contribution < -0.4 is 10.9 Å². The molecule has 0 aliphatic carbocycles. The van der Waals surface area contributed by atoms with E-state index in [9.17, 15) is 9.59 Å². The second-order valence-electron chi connectivity index (χ2n) is 3.93. The zero-order valence-corrected chi connectivity index (χ0v) is 12.7. The van der Waals surface area contributed by atoms with Gasteiger partial charge in [0.15, 0.2) is 0 Å². The van der Waals surface area contributed by atoms with Crippen LogP contribution in [0.25, 0.3) is 0 Å². The van der Waals surface area contributed by atoms with Crippen molar-refractivity contribution in [3.63, 3.8) is 0 Å². The van der Waals surface area contributed by atoms with Crippen molar-refractivity contribution in [2.75, 3.05) is 0 Å². The van der Waals surface area contributed by atoms with Crippen molar-refractivity contribution < 1.29 is 9.59 Å². The molecule has 2 aromatic rings. The van der Waals surface area contributed by atoms with E-state index in [1.807, 2.05) is 0 Å². The van der Waals surface area contributed by atoms with Crippen LogP contribution in [0.3, 0.4) is 0 Å². The molecule has 20 heavy (non-hydrogen) atoms. The maximum atomic E-state index is 11.9. The van der Waals surface area contributed by atoms with E-state index in [0.29, 0.717) is 11.3 Å². The van der Waals surface area contributed by atoms with Crippen LogP contribution in [0.15, 0.2) is 35.1 Å². The Morgan fingerprint density at radius 1 is 1.30 bits per heavy atom. The topological polar surface area (TPSA) is 76.0 Å². The number of hydrogen-bond donors (Lipinski definition) is 2. The number of carbonyl (C=O) groups excluding carboxylic acids is 2. The summed E-state index contributed by atoms with van der Waals surface area (Å²) in [7, 11) is 1.73. The molecule has 2 amide bonds. The summed E-state index contributed by atoms with van der Waals surface area (Å²) in [6.07, 6.45) is 3.15. The second kappa shape index (κ2) is 6.06. The Kier molecular flexibility index (Phi) is 4.41. The van der Waals surface area contributed by atoms with E-state index in [2.05, 4.69) is 31.8 Å². The van der Waals surface area contributed by atoms with Gasteiger partial charge in [-0.15, -0.1) is 0 Å². The van der Waals surface area contributed by atoms with Crippen molar-refractivity contribution >= 4 is 39.3 Å². The van der Waals surface area contributed by atoms with Crippen LogP contribution in [0.5, 0.6) is 0 Å². The number of halogens is 2. The lowest BCUT2D eigenvalue weighted by Crippen LogP contribution is -2.42. The highest BCUT2D eigenvalue weighted by Gasteiger charge is 2.12. The van der Waals surface area contributed by atoms with Gasteiger partial charge in [-0.3, -0.25) is 20.4 Å². The van der Waals surface area contributed by atoms with Crippen LogP contribution in [-0.2, 0) is 7.05 Å². The van der Waals surface area contributed by atoms with Crippen LogP contribution in [0.2, 0.25) is 5.15 Å². The highest BCUT2D eigenvalue weighted by atomic mass is 79.9. The lowest BCUT2D eigenvalue weighted by atomic mass is 10.2. The number of hydrogen-bond acceptors (Lipinski definition) is 3. The average molecular weight is 358 g/mol. The minimum absolute atomic E-state index is 0.204. The summed E-state index contributed by atoms with van der Waals surface area (Å²) in [4.78, 5) is 27.4. The zero-order valence-electron chi connectivity index (χ0n) is 10.4. The number of aryl methyl sites for hydroxylation is 1. The summed E-state index contributed by atoms with van der Waals surface area (Å²) in [5, 5.41) is 0.204. The highest BCUT2D eigenvalue weighted by Crippen LogP contribution is 2.13. The fourth-order valence-corrected chi connectivity index (χ4v) is 2.24. The van der Waals surface area contributed by atoms with Crippen LogP contribution in [0.1, 0.15) is 20.8 Å². The molecule has 0 bridgehead atoms. The molecule has 0 fully saturated rings. The number of nitrogens with zero attached hydrogens (tertiary/aromatic N) is 2. The smallest absolute Gasteiger partial charge is 0.286 e. The molecule has 0 radical (unpaired) electrons. The lowest BCUT2D eigenvalue weighted by Gasteiger charge is -2.07. The van der Waals surface area contributed by atoms with Crippen molar-refractivity contribution in [1.82, 2.24) is 20.4 Å². The Morgan fingerprint density at radius 2 is 2.00 bits per heavy atom. The molecule has 6 nitrogen and oxygen atoms in total. The third-order valence-electron chi connectivity index (χ3n) is 2.48. The summed E-state index contributed by atoms with van der Waals surface area (Å²) >= 11 is 8.95. The predicted octanol–water partition coefficient (Wildman–Crippen LogP) is 1.91. The molecule has 0 atom stereocenters. The Hall–Kier alpha value is -1.86. The van der Waals surface area contributed by atoms with Crippen molar-refractivity contribution in [2.45, 2.75) is 0 Å². The SMILES string of the molecule is Cn1cc(Br)cc1C(=O)NNC(=O)c1ccnc(Cl)c1. The Morgan fingerprint density at radius 3 is 2.60 bits per heavy atom. The molecule has 0 saturated carbocycles. The molecule has 2 aromatic heterocycles. The molecule has 0 saturated heterocycles. The van der Waals surface area contributed by atoms with Gasteiger partial charge in [-0.2, -0.15) is 0 Å². The monoisotopic (exact) mass is 356 g/mol. The molecule has 0 aromatic carbocycles. The van der Waals surface area contributed by atoms with Gasteiger partial charge in [-0.05, 0) is 34.1 Å². The summed E-state index contributed by atoms with van der Waals surface area (Å²) in [5.41, 5.74) is 5.35. The zero-order chi connectivity index (χ0) is 14.7. The second-order valence-corrected chi connectivity index (χ2v) is 5.23. The predicted molar refractivity (Wildman–Crippen MR) is 77.3 cm³/mol. The van der Waals surface area contributed by atoms with E-state index >= 15 is 0 Å². The molecule has 8 heteroatoms. The number of aromatic nitrogens is 2. The molecule has 104 valence electrons. The molecule has 0 aliphatic heterocycles. The number of hydrazine groups is 1. The molecule has 2 rings (SSSR count). The number of carbonyl (C=O) groups is 2. The first-order valence-corrected chi connectivity index (χ1v) is 6.68. The van der Waals surface area contributed by atoms with Crippen molar-refractivity contribution in [3.05, 3.63) is 51.5 Å². The first-order chi connectivity index (χ1) is 9.47. The Balaban J connectivity index is 2.00. The van der Waals surface area contributed by atoms with Gasteiger partial charge in [-0.1, -0.05) is 11.6 Å². The van der Waals surface area contributed by atoms with Gasteiger partial charge in [0, 0.05) is 29.5 Å². The average Bonchev–Trinajstić information content (AvgIpc) is 2.74. The minimum Gasteiger partial charge on any atom is -0.345 e. The van der Waals surface area contributed by atoms with E-state index < -0.39 is 11.8 Å². The van der Waals surface area contributed by atoms with Crippen molar-refractivity contribution in [2.24, 2.45) is 7.05 Å². The number of pyridine rings is 1. The van der Waals surface area contributed by atoms with E-state index in [1.54, 1.807) is 23.9 Å². The van der Waals surface area contributed by atoms with Gasteiger partial charge in [0.05, 0.1) is 0 Å². The normalized spacial score (nSPS) is 10.2. The number of rotatable bonds is 2. The maximum Gasteiger partial charge on any atom is 0.286 e. The first-order valence-electron chi connectivity index (χ1n) is 5.51. The maximum absolute atomic E-state index is 11.9. The van der Waals surface area contributed by atoms with Crippen molar-refractivity contribution in [3.8, 4) is 0 Å². The van der Waals surface area contributed by atoms with Gasteiger partial charge < -0.3 is 4.57 Å². The van der Waals surface area contributed by atoms with E-state index in [4.69, 9.17) is 11.6 Å². The molecule has 0 unspecified atom stereocenters. The summed E-state index contributed by atoms with van der Waals surface area (Å²) in [5.74, 6) is -0.900. The van der Waals surface area contributed by atoms with Gasteiger partial charge in [0.1, 0.15) is 10.8 Å².